The highest BCUT2D eigenvalue weighted by molar-refractivity contribution is 7.89. The highest BCUT2D eigenvalue weighted by atomic mass is 32.2. The second-order valence-corrected chi connectivity index (χ2v) is 8.66. The average molecular weight is 384 g/mol. The van der Waals surface area contributed by atoms with Gasteiger partial charge in [0.05, 0.1) is 11.9 Å². The van der Waals surface area contributed by atoms with Crippen LogP contribution in [-0.2, 0) is 16.2 Å². The van der Waals surface area contributed by atoms with Gasteiger partial charge in [0.15, 0.2) is 0 Å². The zero-order chi connectivity index (χ0) is 18.6. The number of nitrogens with zero attached hydrogens (tertiary/aromatic N) is 4. The van der Waals surface area contributed by atoms with Crippen molar-refractivity contribution >= 4 is 15.7 Å². The van der Waals surface area contributed by atoms with Crippen LogP contribution in [0.3, 0.4) is 0 Å². The monoisotopic (exact) mass is 384 g/mol. The van der Waals surface area contributed by atoms with E-state index < -0.39 is 21.9 Å². The molecule has 0 atom stereocenters. The minimum absolute atomic E-state index is 0.141. The molecule has 4 heterocycles. The van der Waals surface area contributed by atoms with Crippen molar-refractivity contribution in [1.29, 1.82) is 0 Å². The zero-order valence-corrected chi connectivity index (χ0v) is 14.3. The molecule has 0 aliphatic carbocycles. The van der Waals surface area contributed by atoms with Gasteiger partial charge in [-0.1, -0.05) is 0 Å². The first-order valence-corrected chi connectivity index (χ1v) is 9.32. The van der Waals surface area contributed by atoms with Crippen molar-refractivity contribution < 1.29 is 21.6 Å². The van der Waals surface area contributed by atoms with Crippen LogP contribution < -0.4 is 4.90 Å². The Morgan fingerprint density at radius 2 is 1.77 bits per heavy atom. The van der Waals surface area contributed by atoms with Crippen LogP contribution in [0.1, 0.15) is 5.69 Å². The molecule has 0 amide bonds. The number of hydrogen-bond acceptors (Lipinski definition) is 5. The minimum atomic E-state index is -4.45. The summed E-state index contributed by atoms with van der Waals surface area (Å²) in [6.07, 6.45) is -0.415. The molecule has 2 aromatic rings. The van der Waals surface area contributed by atoms with E-state index in [1.165, 1.54) is 35.0 Å². The topological polar surface area (TPSA) is 66.4 Å². The van der Waals surface area contributed by atoms with Crippen molar-refractivity contribution in [3.63, 3.8) is 0 Å². The second kappa shape index (κ2) is 5.65. The highest BCUT2D eigenvalue weighted by Crippen LogP contribution is 2.44. The van der Waals surface area contributed by atoms with Crippen molar-refractivity contribution in [2.75, 3.05) is 31.1 Å². The summed E-state index contributed by atoms with van der Waals surface area (Å²) in [5.41, 5.74) is -0.455. The van der Waals surface area contributed by atoms with E-state index in [-0.39, 0.29) is 10.3 Å². The Kier molecular flexibility index (Phi) is 3.74. The summed E-state index contributed by atoms with van der Waals surface area (Å²) in [6, 6.07) is 5.44. The maximum atomic E-state index is 12.6. The van der Waals surface area contributed by atoms with Gasteiger partial charge in [0, 0.05) is 44.0 Å². The number of anilines is 1. The third-order valence-corrected chi connectivity index (χ3v) is 6.53. The molecule has 2 aliphatic rings. The molecule has 0 saturated carbocycles. The largest absolute Gasteiger partial charge is 0.433 e. The standard InChI is InChI=1S/C16H15F3N4O2S/c17-16(18,19)14-4-3-12(6-21-14)22-8-15(9-22)10-23(11-15)26(24,25)13-2-1-5-20-7-13/h1-7H,8-11H2. The van der Waals surface area contributed by atoms with E-state index in [0.717, 1.165) is 6.07 Å². The first-order chi connectivity index (χ1) is 12.2. The Balaban J connectivity index is 1.38. The van der Waals surface area contributed by atoms with Crippen LogP contribution in [0, 0.1) is 5.41 Å². The van der Waals surface area contributed by atoms with Gasteiger partial charge in [-0.15, -0.1) is 0 Å². The van der Waals surface area contributed by atoms with Gasteiger partial charge in [0.1, 0.15) is 10.6 Å². The van der Waals surface area contributed by atoms with Crippen LogP contribution in [0.2, 0.25) is 0 Å². The molecule has 2 saturated heterocycles. The molecule has 0 unspecified atom stereocenters. The maximum absolute atomic E-state index is 12.6. The predicted molar refractivity (Wildman–Crippen MR) is 86.9 cm³/mol. The number of alkyl halides is 3. The van der Waals surface area contributed by atoms with E-state index >= 15 is 0 Å². The first-order valence-electron chi connectivity index (χ1n) is 7.88. The molecule has 6 nitrogen and oxygen atoms in total. The lowest BCUT2D eigenvalue weighted by Gasteiger charge is -2.60. The van der Waals surface area contributed by atoms with E-state index in [4.69, 9.17) is 0 Å². The molecule has 0 radical (unpaired) electrons. The molecule has 4 rings (SSSR count). The first kappa shape index (κ1) is 17.2. The quantitative estimate of drug-likeness (QED) is 0.810. The molecule has 10 heteroatoms. The average Bonchev–Trinajstić information content (AvgIpc) is 2.52. The van der Waals surface area contributed by atoms with E-state index in [1.807, 2.05) is 4.90 Å². The van der Waals surface area contributed by atoms with Crippen molar-refractivity contribution in [2.45, 2.75) is 11.1 Å². The zero-order valence-electron chi connectivity index (χ0n) is 13.5. The van der Waals surface area contributed by atoms with Gasteiger partial charge in [-0.25, -0.2) is 13.4 Å². The maximum Gasteiger partial charge on any atom is 0.433 e. The number of rotatable bonds is 3. The van der Waals surface area contributed by atoms with E-state index in [1.54, 1.807) is 6.07 Å². The molecule has 138 valence electrons. The summed E-state index contributed by atoms with van der Waals surface area (Å²) < 4.78 is 64.0. The molecule has 0 bridgehead atoms. The van der Waals surface area contributed by atoms with Crippen molar-refractivity contribution in [1.82, 2.24) is 14.3 Å². The Morgan fingerprint density at radius 3 is 2.31 bits per heavy atom. The fraction of sp³-hybridized carbons (Fsp3) is 0.375. The fourth-order valence-corrected chi connectivity index (χ4v) is 5.04. The van der Waals surface area contributed by atoms with Gasteiger partial charge >= 0.3 is 6.18 Å². The van der Waals surface area contributed by atoms with Crippen LogP contribution in [0.15, 0.2) is 47.8 Å². The third kappa shape index (κ3) is 2.82. The van der Waals surface area contributed by atoms with Crippen LogP contribution in [0.25, 0.3) is 0 Å². The van der Waals surface area contributed by atoms with Crippen molar-refractivity contribution in [3.8, 4) is 0 Å². The molecule has 26 heavy (non-hydrogen) atoms. The lowest BCUT2D eigenvalue weighted by Crippen LogP contribution is -2.73. The van der Waals surface area contributed by atoms with Crippen LogP contribution in [0.5, 0.6) is 0 Å². The summed E-state index contributed by atoms with van der Waals surface area (Å²) in [5, 5.41) is 0. The minimum Gasteiger partial charge on any atom is -0.369 e. The van der Waals surface area contributed by atoms with Crippen LogP contribution >= 0.6 is 0 Å². The highest BCUT2D eigenvalue weighted by Gasteiger charge is 2.55. The molecular weight excluding hydrogens is 369 g/mol. The summed E-state index contributed by atoms with van der Waals surface area (Å²) >= 11 is 0. The van der Waals surface area contributed by atoms with Crippen molar-refractivity contribution in [2.24, 2.45) is 5.41 Å². The summed E-state index contributed by atoms with van der Waals surface area (Å²) in [6.45, 7) is 1.99. The number of pyridine rings is 2. The second-order valence-electron chi connectivity index (χ2n) is 6.72. The lowest BCUT2D eigenvalue weighted by molar-refractivity contribution is -0.141. The molecule has 0 N–H and O–H groups in total. The molecular formula is C16H15F3N4O2S. The molecule has 0 aromatic carbocycles. The van der Waals surface area contributed by atoms with Crippen LogP contribution in [0.4, 0.5) is 18.9 Å². The Morgan fingerprint density at radius 1 is 1.04 bits per heavy atom. The number of halogens is 3. The predicted octanol–water partition coefficient (Wildman–Crippen LogP) is 2.01. The Bertz CT molecular complexity index is 903. The van der Waals surface area contributed by atoms with E-state index in [2.05, 4.69) is 9.97 Å². The van der Waals surface area contributed by atoms with Crippen molar-refractivity contribution in [3.05, 3.63) is 48.5 Å². The van der Waals surface area contributed by atoms with Gasteiger partial charge in [-0.2, -0.15) is 17.5 Å². The molecule has 2 aliphatic heterocycles. The smallest absolute Gasteiger partial charge is 0.369 e. The summed E-state index contributed by atoms with van der Waals surface area (Å²) in [5.74, 6) is 0. The lowest BCUT2D eigenvalue weighted by atomic mass is 9.74. The molecule has 2 fully saturated rings. The number of sulfonamides is 1. The summed E-state index contributed by atoms with van der Waals surface area (Å²) in [4.78, 5) is 9.36. The van der Waals surface area contributed by atoms with Crippen LogP contribution in [-0.4, -0.2) is 48.9 Å². The normalized spacial score (nSPS) is 19.9. The fourth-order valence-electron chi connectivity index (χ4n) is 3.41. The number of hydrogen-bond donors (Lipinski definition) is 0. The Labute approximate surface area is 148 Å². The molecule has 1 spiro atoms. The van der Waals surface area contributed by atoms with Gasteiger partial charge in [0.25, 0.3) is 0 Å². The van der Waals surface area contributed by atoms with Gasteiger partial charge in [-0.3, -0.25) is 4.98 Å². The van der Waals surface area contributed by atoms with Gasteiger partial charge in [0.2, 0.25) is 10.0 Å². The van der Waals surface area contributed by atoms with E-state index in [9.17, 15) is 21.6 Å². The summed E-state index contributed by atoms with van der Waals surface area (Å²) in [7, 11) is -3.54. The van der Waals surface area contributed by atoms with Gasteiger partial charge < -0.3 is 4.90 Å². The van der Waals surface area contributed by atoms with Gasteiger partial charge in [-0.05, 0) is 24.3 Å². The SMILES string of the molecule is O=S(=O)(c1cccnc1)N1CC2(CN(c3ccc(C(F)(F)F)nc3)C2)C1. The van der Waals surface area contributed by atoms with E-state index in [0.29, 0.717) is 31.9 Å². The third-order valence-electron chi connectivity index (χ3n) is 4.75. The molecule has 2 aromatic heterocycles. The Hall–Kier alpha value is -2.20. The number of aromatic nitrogens is 2.